The van der Waals surface area contributed by atoms with E-state index in [1.54, 1.807) is 24.3 Å². The topological polar surface area (TPSA) is 35.2 Å². The van der Waals surface area contributed by atoms with Gasteiger partial charge in [-0.2, -0.15) is 0 Å². The Morgan fingerprint density at radius 1 is 1.10 bits per heavy atom. The van der Waals surface area contributed by atoms with Crippen molar-refractivity contribution in [2.45, 2.75) is 26.0 Å². The maximum absolute atomic E-state index is 14.0. The predicted octanol–water partition coefficient (Wildman–Crippen LogP) is 4.56. The molecule has 0 aliphatic carbocycles. The molecule has 0 saturated carbocycles. The van der Waals surface area contributed by atoms with Crippen molar-refractivity contribution in [3.05, 3.63) is 63.6 Å². The fourth-order valence-corrected chi connectivity index (χ4v) is 2.47. The van der Waals surface area contributed by atoms with Gasteiger partial charge in [0.1, 0.15) is 17.4 Å². The molecule has 1 atom stereocenters. The van der Waals surface area contributed by atoms with E-state index in [1.165, 1.54) is 12.1 Å². The van der Waals surface area contributed by atoms with Gasteiger partial charge in [0.25, 0.3) is 0 Å². The average Bonchev–Trinajstić information content (AvgIpc) is 2.36. The van der Waals surface area contributed by atoms with Crippen LogP contribution in [-0.4, -0.2) is 6.10 Å². The molecule has 2 nitrogen and oxygen atoms in total. The summed E-state index contributed by atoms with van der Waals surface area (Å²) in [5.74, 6) is -0.731. The minimum absolute atomic E-state index is 0.0117. The van der Waals surface area contributed by atoms with Crippen LogP contribution in [0, 0.1) is 11.6 Å². The number of halogens is 3. The van der Waals surface area contributed by atoms with E-state index >= 15 is 0 Å². The number of hydrogen-bond acceptors (Lipinski definition) is 2. The number of hydrogen-bond donors (Lipinski definition) is 1. The Hall–Kier alpha value is -1.46. The van der Waals surface area contributed by atoms with Gasteiger partial charge in [0.05, 0.1) is 12.1 Å². The predicted molar refractivity (Wildman–Crippen MR) is 82.3 cm³/mol. The van der Waals surface area contributed by atoms with Gasteiger partial charge in [-0.1, -0.05) is 28.1 Å². The van der Waals surface area contributed by atoms with Crippen molar-refractivity contribution in [1.29, 1.82) is 0 Å². The van der Waals surface area contributed by atoms with Crippen LogP contribution in [0.1, 0.15) is 31.0 Å². The molecule has 0 amide bonds. The summed E-state index contributed by atoms with van der Waals surface area (Å²) >= 11 is 3.05. The lowest BCUT2D eigenvalue weighted by atomic mass is 9.98. The lowest BCUT2D eigenvalue weighted by Crippen LogP contribution is -2.16. The van der Waals surface area contributed by atoms with Crippen molar-refractivity contribution < 1.29 is 13.5 Å². The maximum Gasteiger partial charge on any atom is 0.132 e. The highest BCUT2D eigenvalue weighted by atomic mass is 79.9. The van der Waals surface area contributed by atoms with E-state index in [-0.39, 0.29) is 11.7 Å². The Morgan fingerprint density at radius 2 is 1.71 bits per heavy atom. The molecule has 0 fully saturated rings. The molecule has 2 aromatic carbocycles. The molecule has 21 heavy (non-hydrogen) atoms. The van der Waals surface area contributed by atoms with Gasteiger partial charge >= 0.3 is 0 Å². The van der Waals surface area contributed by atoms with Crippen molar-refractivity contribution in [3.8, 4) is 5.75 Å². The van der Waals surface area contributed by atoms with Crippen LogP contribution in [0.15, 0.2) is 40.9 Å². The van der Waals surface area contributed by atoms with E-state index in [2.05, 4.69) is 15.9 Å². The third-order valence-electron chi connectivity index (χ3n) is 2.94. The zero-order chi connectivity index (χ0) is 15.6. The summed E-state index contributed by atoms with van der Waals surface area (Å²) in [4.78, 5) is 0. The van der Waals surface area contributed by atoms with Gasteiger partial charge in [0.15, 0.2) is 0 Å². The largest absolute Gasteiger partial charge is 0.491 e. The van der Waals surface area contributed by atoms with Crippen LogP contribution in [0.25, 0.3) is 0 Å². The minimum atomic E-state index is -0.895. The molecule has 5 heteroatoms. The molecule has 0 aliphatic heterocycles. The highest BCUT2D eigenvalue weighted by Gasteiger charge is 2.19. The van der Waals surface area contributed by atoms with E-state index in [1.807, 2.05) is 13.8 Å². The number of rotatable bonds is 4. The fourth-order valence-electron chi connectivity index (χ4n) is 2.07. The van der Waals surface area contributed by atoms with Crippen LogP contribution in [0.2, 0.25) is 0 Å². The number of ether oxygens (including phenoxy) is 1. The Kier molecular flexibility index (Phi) is 4.96. The molecule has 0 saturated heterocycles. The van der Waals surface area contributed by atoms with Crippen LogP contribution >= 0.6 is 15.9 Å². The molecule has 0 radical (unpaired) electrons. The van der Waals surface area contributed by atoms with Crippen LogP contribution < -0.4 is 10.5 Å². The number of nitrogens with two attached hydrogens (primary N) is 1. The molecule has 0 bridgehead atoms. The molecular weight excluding hydrogens is 340 g/mol. The first-order valence-corrected chi connectivity index (χ1v) is 7.34. The quantitative estimate of drug-likeness (QED) is 0.872. The second-order valence-electron chi connectivity index (χ2n) is 5.00. The molecule has 2 rings (SSSR count). The first kappa shape index (κ1) is 15.9. The van der Waals surface area contributed by atoms with Crippen LogP contribution in [0.3, 0.4) is 0 Å². The number of benzene rings is 2. The molecule has 0 heterocycles. The molecule has 2 aromatic rings. The van der Waals surface area contributed by atoms with E-state index in [9.17, 15) is 8.78 Å². The van der Waals surface area contributed by atoms with Gasteiger partial charge in [0.2, 0.25) is 0 Å². The van der Waals surface area contributed by atoms with E-state index in [0.717, 1.165) is 0 Å². The monoisotopic (exact) mass is 355 g/mol. The third kappa shape index (κ3) is 3.80. The van der Waals surface area contributed by atoms with Gasteiger partial charge < -0.3 is 10.5 Å². The van der Waals surface area contributed by atoms with Crippen LogP contribution in [0.4, 0.5) is 8.78 Å². The summed E-state index contributed by atoms with van der Waals surface area (Å²) in [5, 5.41) is 0. The normalized spacial score (nSPS) is 12.5. The third-order valence-corrected chi connectivity index (χ3v) is 3.40. The van der Waals surface area contributed by atoms with Crippen LogP contribution in [0.5, 0.6) is 5.75 Å². The summed E-state index contributed by atoms with van der Waals surface area (Å²) in [6.45, 7) is 3.81. The Bertz CT molecular complexity index is 623. The van der Waals surface area contributed by atoms with Gasteiger partial charge in [-0.3, -0.25) is 0 Å². The SMILES string of the molecule is CC(C)Oc1cccc(C(N)c2c(F)cc(Br)cc2F)c1. The summed E-state index contributed by atoms with van der Waals surface area (Å²) in [5.41, 5.74) is 6.45. The zero-order valence-electron chi connectivity index (χ0n) is 11.7. The highest BCUT2D eigenvalue weighted by Crippen LogP contribution is 2.29. The standard InChI is InChI=1S/C16H16BrF2NO/c1-9(2)21-12-5-3-4-10(6-12)16(20)15-13(18)7-11(17)8-14(15)19/h3-9,16H,20H2,1-2H3. The van der Waals surface area contributed by atoms with Crippen molar-refractivity contribution in [3.63, 3.8) is 0 Å². The van der Waals surface area contributed by atoms with Crippen molar-refractivity contribution in [2.24, 2.45) is 5.73 Å². The molecule has 0 aromatic heterocycles. The lowest BCUT2D eigenvalue weighted by molar-refractivity contribution is 0.242. The Balaban J connectivity index is 2.38. The highest BCUT2D eigenvalue weighted by molar-refractivity contribution is 9.10. The average molecular weight is 356 g/mol. The first-order chi connectivity index (χ1) is 9.88. The maximum atomic E-state index is 14.0. The van der Waals surface area contributed by atoms with Crippen molar-refractivity contribution >= 4 is 15.9 Å². The Morgan fingerprint density at radius 3 is 2.29 bits per heavy atom. The van der Waals surface area contributed by atoms with E-state index < -0.39 is 17.7 Å². The van der Waals surface area contributed by atoms with Gasteiger partial charge in [-0.25, -0.2) is 8.78 Å². The second kappa shape index (κ2) is 6.54. The van der Waals surface area contributed by atoms with Crippen molar-refractivity contribution in [1.82, 2.24) is 0 Å². The summed E-state index contributed by atoms with van der Waals surface area (Å²) in [7, 11) is 0. The van der Waals surface area contributed by atoms with Gasteiger partial charge in [-0.05, 0) is 43.7 Å². The summed E-state index contributed by atoms with van der Waals surface area (Å²) in [6.07, 6.45) is 0.0117. The first-order valence-electron chi connectivity index (χ1n) is 6.55. The molecule has 112 valence electrons. The Labute approximate surface area is 131 Å². The second-order valence-corrected chi connectivity index (χ2v) is 5.92. The van der Waals surface area contributed by atoms with Gasteiger partial charge in [-0.15, -0.1) is 0 Å². The minimum Gasteiger partial charge on any atom is -0.491 e. The molecule has 0 spiro atoms. The fraction of sp³-hybridized carbons (Fsp3) is 0.250. The lowest BCUT2D eigenvalue weighted by Gasteiger charge is -2.17. The van der Waals surface area contributed by atoms with Crippen LogP contribution in [-0.2, 0) is 0 Å². The molecule has 0 aliphatic rings. The molecule has 2 N–H and O–H groups in total. The van der Waals surface area contributed by atoms with Gasteiger partial charge in [0, 0.05) is 10.0 Å². The molecular formula is C16H16BrF2NO. The smallest absolute Gasteiger partial charge is 0.132 e. The van der Waals surface area contributed by atoms with E-state index in [0.29, 0.717) is 15.8 Å². The van der Waals surface area contributed by atoms with E-state index in [4.69, 9.17) is 10.5 Å². The zero-order valence-corrected chi connectivity index (χ0v) is 13.3. The summed E-state index contributed by atoms with van der Waals surface area (Å²) < 4.78 is 33.9. The summed E-state index contributed by atoms with van der Waals surface area (Å²) in [6, 6.07) is 8.46. The molecule has 1 unspecified atom stereocenters. The van der Waals surface area contributed by atoms with Crippen molar-refractivity contribution in [2.75, 3.05) is 0 Å².